The van der Waals surface area contributed by atoms with Gasteiger partial charge in [0.2, 0.25) is 0 Å². The molecule has 0 aliphatic heterocycles. The zero-order chi connectivity index (χ0) is 13.7. The van der Waals surface area contributed by atoms with E-state index >= 15 is 0 Å². The molecular formula is C15H16INO2. The number of nitrogens with two attached hydrogens (primary N) is 1. The van der Waals surface area contributed by atoms with Gasteiger partial charge in [0.25, 0.3) is 0 Å². The van der Waals surface area contributed by atoms with Gasteiger partial charge in [0.15, 0.2) is 0 Å². The van der Waals surface area contributed by atoms with Crippen LogP contribution < -0.4 is 10.5 Å². The Labute approximate surface area is 126 Å². The summed E-state index contributed by atoms with van der Waals surface area (Å²) in [6, 6.07) is 13.7. The summed E-state index contributed by atoms with van der Waals surface area (Å²) in [5.74, 6) is 1.64. The Bertz CT molecular complexity index is 540. The minimum Gasteiger partial charge on any atom is -0.456 e. The SMILES string of the molecule is COCCc1ccc(Oc2ccc(N)cc2I)cc1. The van der Waals surface area contributed by atoms with Crippen molar-refractivity contribution < 1.29 is 9.47 Å². The van der Waals surface area contributed by atoms with E-state index in [1.54, 1.807) is 7.11 Å². The molecule has 0 amide bonds. The van der Waals surface area contributed by atoms with Crippen molar-refractivity contribution >= 4 is 28.3 Å². The van der Waals surface area contributed by atoms with Crippen molar-refractivity contribution in [3.63, 3.8) is 0 Å². The third kappa shape index (κ3) is 4.11. The highest BCUT2D eigenvalue weighted by Gasteiger charge is 2.03. The van der Waals surface area contributed by atoms with Gasteiger partial charge in [0, 0.05) is 12.8 Å². The number of nitrogen functional groups attached to an aromatic ring is 1. The monoisotopic (exact) mass is 369 g/mol. The maximum atomic E-state index is 5.83. The zero-order valence-electron chi connectivity index (χ0n) is 10.7. The molecule has 0 saturated carbocycles. The van der Waals surface area contributed by atoms with Crippen LogP contribution in [0.1, 0.15) is 5.56 Å². The summed E-state index contributed by atoms with van der Waals surface area (Å²) in [7, 11) is 1.71. The van der Waals surface area contributed by atoms with Crippen molar-refractivity contribution in [3.05, 3.63) is 51.6 Å². The average molecular weight is 369 g/mol. The summed E-state index contributed by atoms with van der Waals surface area (Å²) in [5.41, 5.74) is 7.69. The van der Waals surface area contributed by atoms with Gasteiger partial charge in [-0.15, -0.1) is 0 Å². The molecule has 0 aliphatic rings. The summed E-state index contributed by atoms with van der Waals surface area (Å²) < 4.78 is 11.9. The first-order valence-corrected chi connectivity index (χ1v) is 7.07. The van der Waals surface area contributed by atoms with Gasteiger partial charge in [-0.2, -0.15) is 0 Å². The minimum absolute atomic E-state index is 0.732. The van der Waals surface area contributed by atoms with Crippen LogP contribution in [0, 0.1) is 3.57 Å². The molecule has 0 radical (unpaired) electrons. The molecule has 2 aromatic carbocycles. The molecule has 19 heavy (non-hydrogen) atoms. The van der Waals surface area contributed by atoms with Gasteiger partial charge in [-0.1, -0.05) is 12.1 Å². The first kappa shape index (κ1) is 14.1. The van der Waals surface area contributed by atoms with Crippen LogP contribution in [0.4, 0.5) is 5.69 Å². The number of halogens is 1. The van der Waals surface area contributed by atoms with Gasteiger partial charge in [-0.25, -0.2) is 0 Å². The van der Waals surface area contributed by atoms with E-state index in [1.807, 2.05) is 30.3 Å². The molecule has 2 rings (SSSR count). The second-order valence-electron chi connectivity index (χ2n) is 4.18. The Morgan fingerprint density at radius 2 is 1.84 bits per heavy atom. The molecule has 0 heterocycles. The number of anilines is 1. The van der Waals surface area contributed by atoms with E-state index in [-0.39, 0.29) is 0 Å². The maximum absolute atomic E-state index is 5.83. The number of ether oxygens (including phenoxy) is 2. The van der Waals surface area contributed by atoms with Gasteiger partial charge >= 0.3 is 0 Å². The summed E-state index contributed by atoms with van der Waals surface area (Å²) >= 11 is 2.22. The highest BCUT2D eigenvalue weighted by Crippen LogP contribution is 2.28. The molecule has 100 valence electrons. The van der Waals surface area contributed by atoms with Crippen LogP contribution in [-0.2, 0) is 11.2 Å². The maximum Gasteiger partial charge on any atom is 0.140 e. The van der Waals surface area contributed by atoms with E-state index < -0.39 is 0 Å². The molecule has 0 bridgehead atoms. The Morgan fingerprint density at radius 1 is 1.11 bits per heavy atom. The van der Waals surface area contributed by atoms with Crippen LogP contribution in [-0.4, -0.2) is 13.7 Å². The molecule has 3 nitrogen and oxygen atoms in total. The van der Waals surface area contributed by atoms with Crippen molar-refractivity contribution in [2.75, 3.05) is 19.5 Å². The quantitative estimate of drug-likeness (QED) is 0.643. The highest BCUT2D eigenvalue weighted by molar-refractivity contribution is 14.1. The standard InChI is InChI=1S/C15H16INO2/c1-18-9-8-11-2-5-13(6-3-11)19-15-7-4-12(17)10-14(15)16/h2-7,10H,8-9,17H2,1H3. The number of hydrogen-bond donors (Lipinski definition) is 1. The molecule has 0 aromatic heterocycles. The van der Waals surface area contributed by atoms with Crippen LogP contribution in [0.5, 0.6) is 11.5 Å². The van der Waals surface area contributed by atoms with Gasteiger partial charge in [0.1, 0.15) is 11.5 Å². The average Bonchev–Trinajstić information content (AvgIpc) is 2.41. The molecule has 2 aromatic rings. The first-order chi connectivity index (χ1) is 9.19. The van der Waals surface area contributed by atoms with Crippen molar-refractivity contribution in [1.82, 2.24) is 0 Å². The van der Waals surface area contributed by atoms with Gasteiger partial charge in [-0.05, 0) is 64.9 Å². The summed E-state index contributed by atoms with van der Waals surface area (Å²) in [6.45, 7) is 0.732. The van der Waals surface area contributed by atoms with E-state index in [0.29, 0.717) is 0 Å². The zero-order valence-corrected chi connectivity index (χ0v) is 12.9. The van der Waals surface area contributed by atoms with Gasteiger partial charge in [-0.3, -0.25) is 0 Å². The molecule has 0 spiro atoms. The molecule has 0 fully saturated rings. The third-order valence-electron chi connectivity index (χ3n) is 2.70. The molecular weight excluding hydrogens is 353 g/mol. The van der Waals surface area contributed by atoms with E-state index in [4.69, 9.17) is 15.2 Å². The fourth-order valence-corrected chi connectivity index (χ4v) is 2.32. The fourth-order valence-electron chi connectivity index (χ4n) is 1.67. The molecule has 0 aliphatic carbocycles. The lowest BCUT2D eigenvalue weighted by molar-refractivity contribution is 0.202. The molecule has 2 N–H and O–H groups in total. The predicted molar refractivity (Wildman–Crippen MR) is 85.7 cm³/mol. The van der Waals surface area contributed by atoms with Crippen LogP contribution >= 0.6 is 22.6 Å². The molecule has 0 saturated heterocycles. The van der Waals surface area contributed by atoms with E-state index in [0.717, 1.165) is 33.8 Å². The first-order valence-electron chi connectivity index (χ1n) is 6.00. The van der Waals surface area contributed by atoms with Gasteiger partial charge in [0.05, 0.1) is 10.2 Å². The summed E-state index contributed by atoms with van der Waals surface area (Å²) in [4.78, 5) is 0. The van der Waals surface area contributed by atoms with Crippen LogP contribution in [0.3, 0.4) is 0 Å². The topological polar surface area (TPSA) is 44.5 Å². The number of benzene rings is 2. The Kier molecular flexibility index (Phi) is 5.04. The molecule has 0 atom stereocenters. The van der Waals surface area contributed by atoms with Gasteiger partial charge < -0.3 is 15.2 Å². The summed E-state index contributed by atoms with van der Waals surface area (Å²) in [5, 5.41) is 0. The Balaban J connectivity index is 2.06. The molecule has 0 unspecified atom stereocenters. The lowest BCUT2D eigenvalue weighted by Gasteiger charge is -2.09. The number of rotatable bonds is 5. The van der Waals surface area contributed by atoms with Crippen molar-refractivity contribution in [2.24, 2.45) is 0 Å². The normalized spacial score (nSPS) is 10.4. The van der Waals surface area contributed by atoms with Crippen molar-refractivity contribution in [2.45, 2.75) is 6.42 Å². The van der Waals surface area contributed by atoms with E-state index in [9.17, 15) is 0 Å². The second kappa shape index (κ2) is 6.77. The van der Waals surface area contributed by atoms with E-state index in [1.165, 1.54) is 5.56 Å². The minimum atomic E-state index is 0.732. The van der Waals surface area contributed by atoms with Crippen molar-refractivity contribution in [1.29, 1.82) is 0 Å². The number of methoxy groups -OCH3 is 1. The lowest BCUT2D eigenvalue weighted by atomic mass is 10.1. The Morgan fingerprint density at radius 3 is 2.47 bits per heavy atom. The molecule has 4 heteroatoms. The fraction of sp³-hybridized carbons (Fsp3) is 0.200. The van der Waals surface area contributed by atoms with Crippen LogP contribution in [0.2, 0.25) is 0 Å². The smallest absolute Gasteiger partial charge is 0.140 e. The predicted octanol–water partition coefficient (Wildman–Crippen LogP) is 3.85. The van der Waals surface area contributed by atoms with Crippen LogP contribution in [0.15, 0.2) is 42.5 Å². The third-order valence-corrected chi connectivity index (χ3v) is 3.54. The van der Waals surface area contributed by atoms with Crippen LogP contribution in [0.25, 0.3) is 0 Å². The largest absolute Gasteiger partial charge is 0.456 e. The van der Waals surface area contributed by atoms with Crippen molar-refractivity contribution in [3.8, 4) is 11.5 Å². The number of hydrogen-bond acceptors (Lipinski definition) is 3. The summed E-state index contributed by atoms with van der Waals surface area (Å²) in [6.07, 6.45) is 0.913. The second-order valence-corrected chi connectivity index (χ2v) is 5.34. The highest BCUT2D eigenvalue weighted by atomic mass is 127. The lowest BCUT2D eigenvalue weighted by Crippen LogP contribution is -1.94. The Hall–Kier alpha value is -1.27. The van der Waals surface area contributed by atoms with E-state index in [2.05, 4.69) is 34.7 Å².